The van der Waals surface area contributed by atoms with Crippen LogP contribution >= 0.6 is 11.6 Å². The fraction of sp³-hybridized carbons (Fsp3) is 0.362. The number of esters is 1. The smallest absolute Gasteiger partial charge is 0.469 e. The first-order valence-corrected chi connectivity index (χ1v) is 23.7. The molecular formula is C47H62ClN8O12Si+. The molecule has 5 heterocycles. The van der Waals surface area contributed by atoms with Crippen LogP contribution in [0.5, 0.6) is 0 Å². The van der Waals surface area contributed by atoms with Crippen LogP contribution in [0.3, 0.4) is 0 Å². The molecule has 69 heavy (non-hydrogen) atoms. The Balaban J connectivity index is -0.000000359. The molecule has 1 aliphatic heterocycles. The van der Waals surface area contributed by atoms with E-state index in [9.17, 15) is 33.6 Å². The number of pyridine rings is 4. The van der Waals surface area contributed by atoms with Crippen molar-refractivity contribution < 1.29 is 62.4 Å². The highest BCUT2D eigenvalue weighted by molar-refractivity contribution is 6.83. The topological polar surface area (TPSA) is 294 Å². The van der Waals surface area contributed by atoms with Gasteiger partial charge in [-0.25, -0.2) is 20.0 Å². The summed E-state index contributed by atoms with van der Waals surface area (Å²) in [6.07, 6.45) is 10.4. The zero-order chi connectivity index (χ0) is 52.7. The van der Waals surface area contributed by atoms with E-state index in [1.54, 1.807) is 56.8 Å². The van der Waals surface area contributed by atoms with Gasteiger partial charge in [0.05, 0.1) is 21.3 Å². The summed E-state index contributed by atoms with van der Waals surface area (Å²) in [4.78, 5) is 86.4. The molecule has 0 radical (unpaired) electrons. The Labute approximate surface area is 410 Å². The van der Waals surface area contributed by atoms with Crippen molar-refractivity contribution in [3.05, 3.63) is 119 Å². The van der Waals surface area contributed by atoms with Gasteiger partial charge in [0.2, 0.25) is 12.4 Å². The second kappa shape index (κ2) is 40.5. The Bertz CT molecular complexity index is 2290. The minimum atomic E-state index is -1.33. The molecule has 1 fully saturated rings. The summed E-state index contributed by atoms with van der Waals surface area (Å²) in [6, 6.07) is 16.0. The zero-order valence-corrected chi connectivity index (χ0v) is 41.8. The summed E-state index contributed by atoms with van der Waals surface area (Å²) >= 11 is 4.90. The molecule has 0 aromatic carbocycles. The summed E-state index contributed by atoms with van der Waals surface area (Å²) in [6.45, 7) is 12.5. The molecule has 1 amide bonds. The first-order valence-electron chi connectivity index (χ1n) is 19.9. The van der Waals surface area contributed by atoms with Crippen molar-refractivity contribution in [1.82, 2.24) is 19.9 Å². The Morgan fingerprint density at radius 2 is 1.09 bits per heavy atom. The number of methoxy groups -OCH3 is 3. The van der Waals surface area contributed by atoms with Crippen LogP contribution in [0.2, 0.25) is 19.6 Å². The van der Waals surface area contributed by atoms with E-state index in [0.717, 1.165) is 17.9 Å². The summed E-state index contributed by atoms with van der Waals surface area (Å²) in [5, 5.41) is 33.5. The van der Waals surface area contributed by atoms with Crippen LogP contribution in [0.15, 0.2) is 85.7 Å². The normalized spacial score (nSPS) is 9.81. The molecule has 1 N–H and O–H groups in total. The van der Waals surface area contributed by atoms with Crippen LogP contribution < -0.4 is 4.73 Å². The van der Waals surface area contributed by atoms with E-state index in [1.807, 2.05) is 31.8 Å². The monoisotopic (exact) mass is 993 g/mol. The van der Waals surface area contributed by atoms with Gasteiger partial charge in [-0.3, -0.25) is 39.0 Å². The van der Waals surface area contributed by atoms with Gasteiger partial charge in [0.1, 0.15) is 29.9 Å². The average Bonchev–Trinajstić information content (AvgIpc) is 3.93. The fourth-order valence-corrected chi connectivity index (χ4v) is 3.51. The van der Waals surface area contributed by atoms with Crippen LogP contribution in [0.1, 0.15) is 100 Å². The van der Waals surface area contributed by atoms with Crippen molar-refractivity contribution in [2.75, 3.05) is 48.6 Å². The summed E-state index contributed by atoms with van der Waals surface area (Å²) < 4.78 is 18.3. The van der Waals surface area contributed by atoms with Gasteiger partial charge in [-0.1, -0.05) is 27.1 Å². The van der Waals surface area contributed by atoms with Crippen molar-refractivity contribution in [2.24, 2.45) is 0 Å². The van der Waals surface area contributed by atoms with Crippen molar-refractivity contribution >= 4 is 60.3 Å². The number of carbonyl (C=O) groups excluding carboxylic acids is 7. The van der Waals surface area contributed by atoms with Gasteiger partial charge >= 0.3 is 17.5 Å². The third kappa shape index (κ3) is 39.1. The molecule has 1 aliphatic rings. The number of halogens is 1. The van der Waals surface area contributed by atoms with E-state index in [-0.39, 0.29) is 53.9 Å². The van der Waals surface area contributed by atoms with Crippen molar-refractivity contribution in [3.8, 4) is 17.8 Å². The molecule has 20 nitrogen and oxygen atoms in total. The lowest BCUT2D eigenvalue weighted by Gasteiger charge is -1.99. The number of Topliss-reactive ketones (excluding diaryl/α,β-unsaturated/α-hetero) is 4. The number of ether oxygens (including phenoxy) is 4. The Hall–Kier alpha value is -7.77. The highest BCUT2D eigenvalue weighted by Gasteiger charge is 2.12. The van der Waals surface area contributed by atoms with Gasteiger partial charge in [-0.15, -0.1) is 0 Å². The highest BCUT2D eigenvalue weighted by Crippen LogP contribution is 2.05. The average molecular weight is 995 g/mol. The van der Waals surface area contributed by atoms with E-state index in [1.165, 1.54) is 103 Å². The maximum atomic E-state index is 11.4. The van der Waals surface area contributed by atoms with Crippen LogP contribution in [0.25, 0.3) is 0 Å². The number of nitriles is 3. The molecule has 0 bridgehead atoms. The molecule has 22 heteroatoms. The van der Waals surface area contributed by atoms with Gasteiger partial charge in [-0.2, -0.15) is 10.5 Å². The van der Waals surface area contributed by atoms with Gasteiger partial charge in [0.25, 0.3) is 0 Å². The van der Waals surface area contributed by atoms with Crippen molar-refractivity contribution in [2.45, 2.75) is 67.1 Å². The molecule has 0 saturated carbocycles. The third-order valence-electron chi connectivity index (χ3n) is 7.16. The molecule has 372 valence electrons. The Kier molecular flexibility index (Phi) is 39.8. The highest BCUT2D eigenvalue weighted by atomic mass is 35.5. The number of rotatable bonds is 6. The van der Waals surface area contributed by atoms with E-state index in [2.05, 4.69) is 34.9 Å². The standard InChI is InChI=1S/C10H8N2O3.C8H6N2O.C7H8NO2.C7H7NO.C4H9NSi.C4H8O.C3H6ClNO.C3H6O3.CH4/c1-15-10(14)5-9(13)7-2-3-12-8(4-7)6-11;1-6(11)7-2-3-10-8(4-7)5-9;1-6(9)7-2-4-8(10)5-3-7;1-6(9)7-2-4-8-5-3-7;1-6(2,3)4-5;1-2-4-5-3-1;1-5(2)3(4)6;1-5-3(4)6-2;/h2-4H,5H2,1H3;2-4H,1H3;2-5,10H,1H3;2-5H,1H3;1-3H3;1-4H2;2*1-2H3;1H4/q;;+1;;;;;;. The van der Waals surface area contributed by atoms with Gasteiger partial charge in [0, 0.05) is 96.9 Å². The molecule has 0 unspecified atom stereocenters. The summed E-state index contributed by atoms with van der Waals surface area (Å²) in [5.74, 6) is -0.960. The van der Waals surface area contributed by atoms with E-state index in [4.69, 9.17) is 37.3 Å². The first-order chi connectivity index (χ1) is 31.9. The minimum absolute atomic E-state index is 0. The number of aromatic nitrogens is 4. The maximum absolute atomic E-state index is 11.4. The molecule has 5 rings (SSSR count). The SMILES string of the molecule is C.C1CCOC1.CC(=O)c1cc[n+](O)cc1.CC(=O)c1ccnc(C#N)c1.CC(=O)c1ccncc1.CN(C)C(=O)Cl.COC(=O)CC(=O)c1ccnc(C#N)c1.COC(=O)OC.C[Si](C)(C)C#N. The summed E-state index contributed by atoms with van der Waals surface area (Å²) in [7, 11) is 5.58. The summed E-state index contributed by atoms with van der Waals surface area (Å²) in [5.41, 5.74) is 4.79. The molecular weight excluding hydrogens is 932 g/mol. The maximum Gasteiger partial charge on any atom is 0.507 e. The van der Waals surface area contributed by atoms with Crippen molar-refractivity contribution in [1.29, 1.82) is 15.8 Å². The molecule has 1 saturated heterocycles. The molecule has 0 atom stereocenters. The Morgan fingerprint density at radius 3 is 1.38 bits per heavy atom. The van der Waals surface area contributed by atoms with Gasteiger partial charge in [0.15, 0.2) is 31.2 Å². The second-order valence-corrected chi connectivity index (χ2v) is 19.2. The fourth-order valence-electron chi connectivity index (χ4n) is 3.51. The predicted molar refractivity (Wildman–Crippen MR) is 257 cm³/mol. The van der Waals surface area contributed by atoms with Crippen LogP contribution in [0, 0.1) is 33.6 Å². The lowest BCUT2D eigenvalue weighted by atomic mass is 10.1. The van der Waals surface area contributed by atoms with E-state index in [0.29, 0.717) is 16.7 Å². The second-order valence-electron chi connectivity index (χ2n) is 14.1. The molecule has 0 spiro atoms. The van der Waals surface area contributed by atoms with Crippen molar-refractivity contribution in [3.63, 3.8) is 0 Å². The van der Waals surface area contributed by atoms with E-state index >= 15 is 0 Å². The quantitative estimate of drug-likeness (QED) is 0.0283. The van der Waals surface area contributed by atoms with Gasteiger partial charge in [-0.05, 0) is 81.6 Å². The predicted octanol–water partition coefficient (Wildman–Crippen LogP) is 7.68. The third-order valence-corrected chi connectivity index (χ3v) is 8.17. The largest absolute Gasteiger partial charge is 0.507 e. The number of nitrogens with zero attached hydrogens (tertiary/aromatic N) is 8. The number of amides is 1. The first kappa shape index (κ1) is 67.8. The van der Waals surface area contributed by atoms with Crippen LogP contribution in [-0.4, -0.2) is 122 Å². The van der Waals surface area contributed by atoms with Crippen LogP contribution in [0.4, 0.5) is 9.59 Å². The molecule has 4 aromatic rings. The van der Waals surface area contributed by atoms with Gasteiger partial charge < -0.3 is 23.8 Å². The number of hydrogen-bond donors (Lipinski definition) is 1. The molecule has 0 aliphatic carbocycles. The zero-order valence-electron chi connectivity index (χ0n) is 40.0. The number of ketones is 4. The lowest BCUT2D eigenvalue weighted by molar-refractivity contribution is -0.904. The number of hydrogen-bond acceptors (Lipinski definition) is 18. The van der Waals surface area contributed by atoms with E-state index < -0.39 is 25.6 Å². The minimum Gasteiger partial charge on any atom is -0.469 e. The molecule has 4 aromatic heterocycles. The van der Waals surface area contributed by atoms with Crippen LogP contribution in [-0.2, 0) is 23.7 Å². The number of carbonyl (C=O) groups is 7. The lowest BCUT2D eigenvalue weighted by Crippen LogP contribution is -2.28. The Morgan fingerprint density at radius 1 is 0.710 bits per heavy atom.